The van der Waals surface area contributed by atoms with Gasteiger partial charge in [-0.05, 0) is 12.1 Å². The van der Waals surface area contributed by atoms with Crippen molar-refractivity contribution in [2.45, 2.75) is 18.0 Å². The van der Waals surface area contributed by atoms with Crippen molar-refractivity contribution in [1.29, 1.82) is 0 Å². The third-order valence-corrected chi connectivity index (χ3v) is 2.96. The summed E-state index contributed by atoms with van der Waals surface area (Å²) >= 11 is 0.845. The van der Waals surface area contributed by atoms with E-state index in [-0.39, 0.29) is 50.6 Å². The summed E-state index contributed by atoms with van der Waals surface area (Å²) in [6, 6.07) is 7.50. The topological polar surface area (TPSA) is 81.3 Å². The molecule has 1 N–H and O–H groups in total. The van der Waals surface area contributed by atoms with Crippen LogP contribution in [0.25, 0.3) is 11.0 Å². The number of rotatable bonds is 5. The van der Waals surface area contributed by atoms with Gasteiger partial charge in [0.2, 0.25) is 5.16 Å². The molecule has 6 nitrogen and oxygen atoms in total. The Bertz CT molecular complexity index is 569. The zero-order chi connectivity index (χ0) is 13.7. The zero-order valence-corrected chi connectivity index (χ0v) is 13.9. The summed E-state index contributed by atoms with van der Waals surface area (Å²) in [5.74, 6) is -0.929. The second-order valence-corrected chi connectivity index (χ2v) is 4.39. The van der Waals surface area contributed by atoms with Gasteiger partial charge in [0.1, 0.15) is 12.0 Å². The second kappa shape index (κ2) is 8.51. The monoisotopic (exact) mass is 320 g/mol. The number of nitrogens with one attached hydrogen (secondary N) is 1. The van der Waals surface area contributed by atoms with Crippen LogP contribution in [0, 0.1) is 0 Å². The van der Waals surface area contributed by atoms with Crippen LogP contribution in [0.5, 0.6) is 0 Å². The molecule has 2 rings (SSSR count). The van der Waals surface area contributed by atoms with E-state index in [0.29, 0.717) is 5.16 Å². The van der Waals surface area contributed by atoms with Crippen molar-refractivity contribution in [3.05, 3.63) is 24.3 Å². The molecule has 8 heteroatoms. The fourth-order valence-corrected chi connectivity index (χ4v) is 1.95. The third kappa shape index (κ3) is 4.97. The van der Waals surface area contributed by atoms with Gasteiger partial charge in [-0.15, -0.1) is 0 Å². The minimum atomic E-state index is -0.490. The molecule has 0 atom stereocenters. The summed E-state index contributed by atoms with van der Waals surface area (Å²) in [4.78, 5) is 29.5. The summed E-state index contributed by atoms with van der Waals surface area (Å²) < 4.78 is 9.36. The van der Waals surface area contributed by atoms with Gasteiger partial charge in [-0.3, -0.25) is 9.59 Å². The molecule has 20 heavy (non-hydrogen) atoms. The molecule has 0 fully saturated rings. The molecular weight excluding hydrogens is 308 g/mol. The minimum Gasteiger partial charge on any atom is -0.469 e. The van der Waals surface area contributed by atoms with E-state index < -0.39 is 11.9 Å². The fourth-order valence-electron chi connectivity index (χ4n) is 1.40. The van der Waals surface area contributed by atoms with E-state index in [4.69, 9.17) is 4.18 Å². The number of imidazole rings is 1. The Morgan fingerprint density at radius 2 is 1.95 bits per heavy atom. The Kier molecular flexibility index (Phi) is 7.36. The van der Waals surface area contributed by atoms with Gasteiger partial charge >= 0.3 is 11.9 Å². The number of hydrogen-bond acceptors (Lipinski definition) is 6. The van der Waals surface area contributed by atoms with Gasteiger partial charge in [-0.1, -0.05) is 12.1 Å². The third-order valence-electron chi connectivity index (χ3n) is 2.34. The fraction of sp³-hybridized carbons (Fsp3) is 0.250. The van der Waals surface area contributed by atoms with Crippen LogP contribution >= 0.6 is 12.0 Å². The van der Waals surface area contributed by atoms with Gasteiger partial charge in [-0.2, -0.15) is 0 Å². The first-order valence-electron chi connectivity index (χ1n) is 5.58. The van der Waals surface area contributed by atoms with Crippen LogP contribution in [0.4, 0.5) is 0 Å². The van der Waals surface area contributed by atoms with E-state index in [1.807, 2.05) is 24.3 Å². The number of hydrogen-bond donors (Lipinski definition) is 1. The number of aromatic amines is 1. The van der Waals surface area contributed by atoms with E-state index in [2.05, 4.69) is 14.7 Å². The van der Waals surface area contributed by atoms with Gasteiger partial charge in [-0.25, -0.2) is 4.98 Å². The number of benzene rings is 1. The predicted octanol–water partition coefficient (Wildman–Crippen LogP) is 1.69. The molecular formula is C12H12CaN2O4S. The van der Waals surface area contributed by atoms with Gasteiger partial charge in [0.05, 0.1) is 31.0 Å². The van der Waals surface area contributed by atoms with Crippen molar-refractivity contribution in [2.75, 3.05) is 7.11 Å². The number of nitrogens with zero attached hydrogens (tertiary/aromatic N) is 1. The molecule has 0 amide bonds. The Labute approximate surface area is 149 Å². The van der Waals surface area contributed by atoms with E-state index in [1.165, 1.54) is 7.11 Å². The first-order chi connectivity index (χ1) is 9.19. The van der Waals surface area contributed by atoms with E-state index in [1.54, 1.807) is 0 Å². The zero-order valence-electron chi connectivity index (χ0n) is 10.9. The largest absolute Gasteiger partial charge is 0.469 e. The second-order valence-electron chi connectivity index (χ2n) is 3.67. The van der Waals surface area contributed by atoms with Crippen molar-refractivity contribution < 1.29 is 18.5 Å². The van der Waals surface area contributed by atoms with Crippen LogP contribution in [0.1, 0.15) is 12.8 Å². The molecule has 1 aromatic carbocycles. The van der Waals surface area contributed by atoms with Gasteiger partial charge in [0, 0.05) is 37.7 Å². The number of carbonyl (C=O) groups excluding carboxylic acids is 2. The molecule has 0 saturated carbocycles. The summed E-state index contributed by atoms with van der Waals surface area (Å²) in [5, 5.41) is 0.493. The van der Waals surface area contributed by atoms with Crippen molar-refractivity contribution >= 4 is 72.8 Å². The molecule has 102 valence electrons. The summed E-state index contributed by atoms with van der Waals surface area (Å²) in [6.45, 7) is 0. The van der Waals surface area contributed by atoms with Crippen molar-refractivity contribution in [3.8, 4) is 0 Å². The number of para-hydroxylation sites is 2. The number of ether oxygens (including phenoxy) is 1. The van der Waals surface area contributed by atoms with Crippen LogP contribution in [-0.2, 0) is 18.5 Å². The maximum Gasteiger partial charge on any atom is 0.318 e. The number of methoxy groups -OCH3 is 1. The molecule has 0 aliphatic rings. The average Bonchev–Trinajstić information content (AvgIpc) is 2.85. The predicted molar refractivity (Wildman–Crippen MR) is 75.0 cm³/mol. The maximum absolute atomic E-state index is 11.4. The van der Waals surface area contributed by atoms with Crippen LogP contribution in [-0.4, -0.2) is 66.8 Å². The van der Waals surface area contributed by atoms with Crippen LogP contribution < -0.4 is 0 Å². The van der Waals surface area contributed by atoms with Gasteiger partial charge in [0.25, 0.3) is 0 Å². The molecule has 2 radical (unpaired) electrons. The SMILES string of the molecule is COC(=O)CCC(=O)OSc1nc2ccccc2[nH]1.[Ca]. The number of aromatic nitrogens is 2. The van der Waals surface area contributed by atoms with Crippen LogP contribution in [0.3, 0.4) is 0 Å². The molecule has 0 aliphatic heterocycles. The van der Waals surface area contributed by atoms with E-state index in [9.17, 15) is 9.59 Å². The Balaban J connectivity index is 0.00000200. The number of H-pyrrole nitrogens is 1. The summed E-state index contributed by atoms with van der Waals surface area (Å²) in [6.07, 6.45) is -0.00404. The number of esters is 1. The smallest absolute Gasteiger partial charge is 0.318 e. The Morgan fingerprint density at radius 3 is 2.65 bits per heavy atom. The molecule has 0 bridgehead atoms. The van der Waals surface area contributed by atoms with Crippen molar-refractivity contribution in [2.24, 2.45) is 0 Å². The maximum atomic E-state index is 11.4. The normalized spacial score (nSPS) is 9.85. The molecule has 1 aromatic heterocycles. The van der Waals surface area contributed by atoms with Crippen LogP contribution in [0.15, 0.2) is 29.4 Å². The number of fused-ring (bicyclic) bond motifs is 1. The molecule has 0 aliphatic carbocycles. The van der Waals surface area contributed by atoms with Crippen LogP contribution in [0.2, 0.25) is 0 Å². The number of carbonyl (C=O) groups is 2. The minimum absolute atomic E-state index is 0. The van der Waals surface area contributed by atoms with E-state index in [0.717, 1.165) is 23.1 Å². The summed E-state index contributed by atoms with van der Waals surface area (Å²) in [5.41, 5.74) is 1.67. The molecule has 1 heterocycles. The quantitative estimate of drug-likeness (QED) is 0.513. The van der Waals surface area contributed by atoms with Gasteiger partial charge in [0.15, 0.2) is 0 Å². The molecule has 0 unspecified atom stereocenters. The summed E-state index contributed by atoms with van der Waals surface area (Å²) in [7, 11) is 1.27. The Morgan fingerprint density at radius 1 is 1.25 bits per heavy atom. The van der Waals surface area contributed by atoms with E-state index >= 15 is 0 Å². The van der Waals surface area contributed by atoms with Crippen molar-refractivity contribution in [3.63, 3.8) is 0 Å². The standard InChI is InChI=1S/C12H12N2O4S.Ca/c1-17-10(15)6-7-11(16)18-19-12-13-8-4-2-3-5-9(8)14-12;/h2-5H,6-7H2,1H3,(H,13,14);. The first-order valence-corrected chi connectivity index (χ1v) is 6.32. The Hall–Kier alpha value is -0.760. The molecule has 0 saturated heterocycles. The molecule has 2 aromatic rings. The average molecular weight is 320 g/mol. The van der Waals surface area contributed by atoms with Crippen molar-refractivity contribution in [1.82, 2.24) is 9.97 Å². The van der Waals surface area contributed by atoms with Gasteiger partial charge < -0.3 is 13.9 Å². The first kappa shape index (κ1) is 17.3. The molecule has 0 spiro atoms.